The Morgan fingerprint density at radius 3 is 2.71 bits per heavy atom. The Kier molecular flexibility index (Phi) is 3.77. The lowest BCUT2D eigenvalue weighted by molar-refractivity contribution is 0.372. The van der Waals surface area contributed by atoms with Crippen LogP contribution >= 0.6 is 15.9 Å². The number of methoxy groups -OCH3 is 1. The molecule has 0 amide bonds. The molecule has 0 bridgehead atoms. The van der Waals surface area contributed by atoms with Crippen LogP contribution in [0.25, 0.3) is 0 Å². The first kappa shape index (κ1) is 11.3. The fourth-order valence-corrected chi connectivity index (χ4v) is 1.74. The van der Waals surface area contributed by atoms with Crippen LogP contribution in [0, 0.1) is 0 Å². The monoisotopic (exact) mass is 259 g/mol. The summed E-state index contributed by atoms with van der Waals surface area (Å²) in [5, 5.41) is 9.46. The zero-order valence-corrected chi connectivity index (χ0v) is 9.84. The molecule has 1 atom stereocenters. The molecule has 0 heterocycles. The largest absolute Gasteiger partial charge is 0.504 e. The van der Waals surface area contributed by atoms with Gasteiger partial charge in [-0.3, -0.25) is 0 Å². The lowest BCUT2D eigenvalue weighted by Gasteiger charge is -2.11. The molecule has 4 heteroatoms. The number of hydrogen-bond donors (Lipinski definition) is 2. The summed E-state index contributed by atoms with van der Waals surface area (Å²) in [4.78, 5) is 0. The van der Waals surface area contributed by atoms with Crippen molar-refractivity contribution in [1.82, 2.24) is 0 Å². The highest BCUT2D eigenvalue weighted by atomic mass is 79.9. The number of aromatic hydroxyl groups is 1. The van der Waals surface area contributed by atoms with E-state index in [1.165, 1.54) is 7.11 Å². The van der Waals surface area contributed by atoms with Crippen molar-refractivity contribution in [3.05, 3.63) is 22.2 Å². The van der Waals surface area contributed by atoms with E-state index in [1.807, 2.05) is 6.92 Å². The number of benzene rings is 1. The second-order valence-corrected chi connectivity index (χ2v) is 4.15. The van der Waals surface area contributed by atoms with Crippen LogP contribution in [-0.2, 0) is 6.42 Å². The third kappa shape index (κ3) is 2.62. The third-order valence-corrected chi connectivity index (χ3v) is 2.63. The van der Waals surface area contributed by atoms with Crippen LogP contribution in [0.4, 0.5) is 0 Å². The van der Waals surface area contributed by atoms with Crippen molar-refractivity contribution in [2.45, 2.75) is 19.4 Å². The molecule has 3 N–H and O–H groups in total. The molecule has 0 spiro atoms. The van der Waals surface area contributed by atoms with Gasteiger partial charge in [0.05, 0.1) is 7.11 Å². The van der Waals surface area contributed by atoms with E-state index < -0.39 is 0 Å². The minimum Gasteiger partial charge on any atom is -0.504 e. The molecule has 0 radical (unpaired) electrons. The molecular weight excluding hydrogens is 246 g/mol. The van der Waals surface area contributed by atoms with Gasteiger partial charge in [-0.15, -0.1) is 0 Å². The fourth-order valence-electron chi connectivity index (χ4n) is 1.25. The van der Waals surface area contributed by atoms with Gasteiger partial charge >= 0.3 is 0 Å². The summed E-state index contributed by atoms with van der Waals surface area (Å²) in [6.07, 6.45) is 0.747. The van der Waals surface area contributed by atoms with Gasteiger partial charge in [0, 0.05) is 10.5 Å². The maximum Gasteiger partial charge on any atom is 0.160 e. The van der Waals surface area contributed by atoms with Crippen LogP contribution in [0.5, 0.6) is 11.5 Å². The number of rotatable bonds is 3. The highest BCUT2D eigenvalue weighted by Crippen LogP contribution is 2.32. The van der Waals surface area contributed by atoms with Gasteiger partial charge in [0.15, 0.2) is 11.5 Å². The molecule has 1 aromatic carbocycles. The van der Waals surface area contributed by atoms with E-state index in [2.05, 4.69) is 15.9 Å². The Morgan fingerprint density at radius 1 is 1.57 bits per heavy atom. The van der Waals surface area contributed by atoms with E-state index in [4.69, 9.17) is 10.5 Å². The molecule has 0 aliphatic carbocycles. The molecule has 0 saturated carbocycles. The van der Waals surface area contributed by atoms with Gasteiger partial charge in [-0.05, 0) is 31.0 Å². The molecule has 0 aliphatic rings. The lowest BCUT2D eigenvalue weighted by atomic mass is 10.1. The SMILES string of the molecule is COc1cc(C[C@H](C)N)c(Br)cc1O. The Balaban J connectivity index is 3.04. The molecule has 14 heavy (non-hydrogen) atoms. The van der Waals surface area contributed by atoms with Crippen molar-refractivity contribution in [2.75, 3.05) is 7.11 Å². The molecule has 0 aromatic heterocycles. The zero-order chi connectivity index (χ0) is 10.7. The van der Waals surface area contributed by atoms with Crippen LogP contribution in [0.3, 0.4) is 0 Å². The van der Waals surface area contributed by atoms with Crippen molar-refractivity contribution in [3.63, 3.8) is 0 Å². The van der Waals surface area contributed by atoms with E-state index in [0.29, 0.717) is 5.75 Å². The maximum atomic E-state index is 9.46. The minimum absolute atomic E-state index is 0.0838. The fraction of sp³-hybridized carbons (Fsp3) is 0.400. The van der Waals surface area contributed by atoms with Crippen molar-refractivity contribution >= 4 is 15.9 Å². The molecule has 78 valence electrons. The molecular formula is C10H14BrNO2. The number of phenols is 1. The van der Waals surface area contributed by atoms with E-state index >= 15 is 0 Å². The normalized spacial score (nSPS) is 12.6. The third-order valence-electron chi connectivity index (χ3n) is 1.89. The van der Waals surface area contributed by atoms with Crippen LogP contribution in [0.1, 0.15) is 12.5 Å². The van der Waals surface area contributed by atoms with Crippen molar-refractivity contribution in [3.8, 4) is 11.5 Å². The number of nitrogens with two attached hydrogens (primary N) is 1. The summed E-state index contributed by atoms with van der Waals surface area (Å²) >= 11 is 3.37. The number of hydrogen-bond acceptors (Lipinski definition) is 3. The summed E-state index contributed by atoms with van der Waals surface area (Å²) in [5.74, 6) is 0.608. The standard InChI is InChI=1S/C10H14BrNO2/c1-6(12)3-7-4-10(14-2)9(13)5-8(7)11/h4-6,13H,3,12H2,1-2H3/t6-/m0/s1. The highest BCUT2D eigenvalue weighted by molar-refractivity contribution is 9.10. The molecule has 0 unspecified atom stereocenters. The van der Waals surface area contributed by atoms with Gasteiger partial charge in [0.25, 0.3) is 0 Å². The predicted octanol–water partition coefficient (Wildman–Crippen LogP) is 2.05. The Hall–Kier alpha value is -0.740. The summed E-state index contributed by atoms with van der Waals surface area (Å²) in [7, 11) is 1.53. The number of ether oxygens (including phenoxy) is 1. The van der Waals surface area contributed by atoms with Crippen LogP contribution in [0.2, 0.25) is 0 Å². The predicted molar refractivity (Wildman–Crippen MR) is 59.7 cm³/mol. The molecule has 3 nitrogen and oxygen atoms in total. The molecule has 0 fully saturated rings. The average molecular weight is 260 g/mol. The van der Waals surface area contributed by atoms with E-state index in [9.17, 15) is 5.11 Å². The van der Waals surface area contributed by atoms with Gasteiger partial charge in [0.2, 0.25) is 0 Å². The van der Waals surface area contributed by atoms with E-state index in [-0.39, 0.29) is 11.8 Å². The first-order valence-electron chi connectivity index (χ1n) is 4.35. The topological polar surface area (TPSA) is 55.5 Å². The lowest BCUT2D eigenvalue weighted by Crippen LogP contribution is -2.18. The quantitative estimate of drug-likeness (QED) is 0.874. The second-order valence-electron chi connectivity index (χ2n) is 3.30. The smallest absolute Gasteiger partial charge is 0.160 e. The Morgan fingerprint density at radius 2 is 2.21 bits per heavy atom. The Bertz CT molecular complexity index is 326. The van der Waals surface area contributed by atoms with Gasteiger partial charge in [0.1, 0.15) is 0 Å². The summed E-state index contributed by atoms with van der Waals surface area (Å²) in [6.45, 7) is 1.94. The maximum absolute atomic E-state index is 9.46. The second kappa shape index (κ2) is 4.66. The van der Waals surface area contributed by atoms with E-state index in [0.717, 1.165) is 16.5 Å². The van der Waals surface area contributed by atoms with Gasteiger partial charge in [-0.1, -0.05) is 15.9 Å². The summed E-state index contributed by atoms with van der Waals surface area (Å²) < 4.78 is 5.87. The first-order valence-corrected chi connectivity index (χ1v) is 5.15. The minimum atomic E-state index is 0.0838. The number of halogens is 1. The Labute approximate surface area is 92.0 Å². The van der Waals surface area contributed by atoms with Crippen LogP contribution in [-0.4, -0.2) is 18.3 Å². The average Bonchev–Trinajstić information content (AvgIpc) is 2.09. The first-order chi connectivity index (χ1) is 6.54. The van der Waals surface area contributed by atoms with Crippen LogP contribution < -0.4 is 10.5 Å². The van der Waals surface area contributed by atoms with Gasteiger partial charge in [-0.2, -0.15) is 0 Å². The van der Waals surface area contributed by atoms with Gasteiger partial charge in [-0.25, -0.2) is 0 Å². The van der Waals surface area contributed by atoms with Crippen LogP contribution in [0.15, 0.2) is 16.6 Å². The highest BCUT2D eigenvalue weighted by Gasteiger charge is 2.09. The molecule has 0 saturated heterocycles. The molecule has 1 aromatic rings. The molecule has 1 rings (SSSR count). The summed E-state index contributed by atoms with van der Waals surface area (Å²) in [5.41, 5.74) is 6.74. The van der Waals surface area contributed by atoms with E-state index in [1.54, 1.807) is 12.1 Å². The van der Waals surface area contributed by atoms with Crippen molar-refractivity contribution in [1.29, 1.82) is 0 Å². The molecule has 0 aliphatic heterocycles. The number of phenolic OH excluding ortho intramolecular Hbond substituents is 1. The summed E-state index contributed by atoms with van der Waals surface area (Å²) in [6, 6.07) is 3.50. The van der Waals surface area contributed by atoms with Gasteiger partial charge < -0.3 is 15.6 Å². The zero-order valence-electron chi connectivity index (χ0n) is 8.25. The van der Waals surface area contributed by atoms with Crippen molar-refractivity contribution < 1.29 is 9.84 Å². The van der Waals surface area contributed by atoms with Crippen molar-refractivity contribution in [2.24, 2.45) is 5.73 Å².